The highest BCUT2D eigenvalue weighted by molar-refractivity contribution is 6.31. The summed E-state index contributed by atoms with van der Waals surface area (Å²) < 4.78 is 5.36. The summed E-state index contributed by atoms with van der Waals surface area (Å²) in [5, 5.41) is 0.680. The molecule has 2 nitrogen and oxygen atoms in total. The van der Waals surface area contributed by atoms with Crippen LogP contribution in [0.15, 0.2) is 36.4 Å². The smallest absolute Gasteiger partial charge is 0.193 e. The summed E-state index contributed by atoms with van der Waals surface area (Å²) in [6.45, 7) is 3.13. The van der Waals surface area contributed by atoms with Crippen molar-refractivity contribution in [1.82, 2.24) is 0 Å². The molecular formula is C16H13ClO2. The highest BCUT2D eigenvalue weighted by Gasteiger charge is 2.15. The van der Waals surface area contributed by atoms with Crippen LogP contribution in [0.4, 0.5) is 0 Å². The van der Waals surface area contributed by atoms with Crippen molar-refractivity contribution >= 4 is 17.4 Å². The average molecular weight is 273 g/mol. The highest BCUT2D eigenvalue weighted by Crippen LogP contribution is 2.23. The molecule has 19 heavy (non-hydrogen) atoms. The normalized spacial score (nSPS) is 13.4. The maximum absolute atomic E-state index is 12.4. The molecule has 0 atom stereocenters. The van der Waals surface area contributed by atoms with Gasteiger partial charge in [-0.1, -0.05) is 23.7 Å². The summed E-state index contributed by atoms with van der Waals surface area (Å²) in [6, 6.07) is 11.1. The summed E-state index contributed by atoms with van der Waals surface area (Å²) in [5.41, 5.74) is 4.56. The Morgan fingerprint density at radius 3 is 2.53 bits per heavy atom. The van der Waals surface area contributed by atoms with Gasteiger partial charge in [-0.3, -0.25) is 4.79 Å². The van der Waals surface area contributed by atoms with Crippen molar-refractivity contribution in [2.75, 3.05) is 0 Å². The number of hydrogen-bond acceptors (Lipinski definition) is 2. The van der Waals surface area contributed by atoms with E-state index in [1.165, 1.54) is 5.56 Å². The maximum Gasteiger partial charge on any atom is 0.193 e. The van der Waals surface area contributed by atoms with Gasteiger partial charge < -0.3 is 4.74 Å². The number of aryl methyl sites for hydroxylation is 1. The molecule has 2 aromatic rings. The molecule has 0 saturated heterocycles. The van der Waals surface area contributed by atoms with Gasteiger partial charge in [0.25, 0.3) is 0 Å². The second-order valence-corrected chi connectivity index (χ2v) is 5.18. The number of carbonyl (C=O) groups is 1. The van der Waals surface area contributed by atoms with Crippen molar-refractivity contribution in [3.8, 4) is 0 Å². The van der Waals surface area contributed by atoms with Gasteiger partial charge in [0.1, 0.15) is 0 Å². The second-order valence-electron chi connectivity index (χ2n) is 4.77. The van der Waals surface area contributed by atoms with Crippen molar-refractivity contribution in [3.05, 3.63) is 69.2 Å². The predicted molar refractivity (Wildman–Crippen MR) is 74.6 cm³/mol. The third-order valence-corrected chi connectivity index (χ3v) is 3.83. The molecule has 0 fully saturated rings. The molecule has 0 radical (unpaired) electrons. The monoisotopic (exact) mass is 272 g/mol. The minimum absolute atomic E-state index is 0.0227. The van der Waals surface area contributed by atoms with Gasteiger partial charge in [0.2, 0.25) is 0 Å². The quantitative estimate of drug-likeness (QED) is 0.775. The molecule has 0 amide bonds. The van der Waals surface area contributed by atoms with E-state index < -0.39 is 0 Å². The Bertz CT molecular complexity index is 662. The van der Waals surface area contributed by atoms with E-state index in [-0.39, 0.29) is 5.78 Å². The van der Waals surface area contributed by atoms with Gasteiger partial charge in [-0.25, -0.2) is 0 Å². The fourth-order valence-electron chi connectivity index (χ4n) is 2.27. The molecule has 0 spiro atoms. The molecule has 0 aromatic heterocycles. The Morgan fingerprint density at radius 1 is 1.05 bits per heavy atom. The first-order chi connectivity index (χ1) is 9.15. The van der Waals surface area contributed by atoms with E-state index in [1.54, 1.807) is 12.1 Å². The standard InChI is InChI=1S/C16H13ClO2/c1-10-6-11(4-5-15(10)17)16(18)12-2-3-13-8-19-9-14(13)7-12/h2-7H,8-9H2,1H3. The molecule has 0 aliphatic carbocycles. The number of halogens is 1. The van der Waals surface area contributed by atoms with Gasteiger partial charge in [0, 0.05) is 16.1 Å². The Morgan fingerprint density at radius 2 is 1.74 bits per heavy atom. The van der Waals surface area contributed by atoms with Gasteiger partial charge in [-0.2, -0.15) is 0 Å². The van der Waals surface area contributed by atoms with Gasteiger partial charge in [0.15, 0.2) is 5.78 Å². The summed E-state index contributed by atoms with van der Waals surface area (Å²) in [7, 11) is 0. The zero-order chi connectivity index (χ0) is 13.4. The van der Waals surface area contributed by atoms with Crippen molar-refractivity contribution < 1.29 is 9.53 Å². The van der Waals surface area contributed by atoms with E-state index in [4.69, 9.17) is 16.3 Å². The van der Waals surface area contributed by atoms with Crippen molar-refractivity contribution in [2.24, 2.45) is 0 Å². The predicted octanol–water partition coefficient (Wildman–Crippen LogP) is 3.91. The summed E-state index contributed by atoms with van der Waals surface area (Å²) in [5.74, 6) is 0.0227. The molecule has 0 unspecified atom stereocenters. The second kappa shape index (κ2) is 4.80. The molecule has 96 valence electrons. The lowest BCUT2D eigenvalue weighted by Gasteiger charge is -2.05. The van der Waals surface area contributed by atoms with E-state index in [1.807, 2.05) is 31.2 Å². The lowest BCUT2D eigenvalue weighted by Crippen LogP contribution is -2.02. The first kappa shape index (κ1) is 12.4. The lowest BCUT2D eigenvalue weighted by molar-refractivity contribution is 0.103. The Labute approximate surface area is 117 Å². The summed E-state index contributed by atoms with van der Waals surface area (Å²) in [4.78, 5) is 12.4. The fourth-order valence-corrected chi connectivity index (χ4v) is 2.38. The molecule has 0 bridgehead atoms. The van der Waals surface area contributed by atoms with Crippen LogP contribution in [-0.4, -0.2) is 5.78 Å². The number of rotatable bonds is 2. The zero-order valence-corrected chi connectivity index (χ0v) is 11.3. The third-order valence-electron chi connectivity index (χ3n) is 3.40. The molecule has 3 rings (SSSR count). The molecule has 0 saturated carbocycles. The van der Waals surface area contributed by atoms with E-state index in [0.29, 0.717) is 29.4 Å². The molecule has 0 N–H and O–H groups in total. The van der Waals surface area contributed by atoms with Crippen LogP contribution < -0.4 is 0 Å². The SMILES string of the molecule is Cc1cc(C(=O)c2ccc3c(c2)COC3)ccc1Cl. The van der Waals surface area contributed by atoms with E-state index in [2.05, 4.69) is 0 Å². The summed E-state index contributed by atoms with van der Waals surface area (Å²) in [6.07, 6.45) is 0. The lowest BCUT2D eigenvalue weighted by atomic mass is 9.98. The Balaban J connectivity index is 1.97. The number of benzene rings is 2. The molecule has 1 aliphatic heterocycles. The van der Waals surface area contributed by atoms with Crippen LogP contribution >= 0.6 is 11.6 Å². The van der Waals surface area contributed by atoms with Gasteiger partial charge in [-0.05, 0) is 47.9 Å². The van der Waals surface area contributed by atoms with Crippen LogP contribution in [0.3, 0.4) is 0 Å². The van der Waals surface area contributed by atoms with Crippen LogP contribution in [0.1, 0.15) is 32.6 Å². The molecule has 3 heteroatoms. The number of ketones is 1. The summed E-state index contributed by atoms with van der Waals surface area (Å²) >= 11 is 5.98. The van der Waals surface area contributed by atoms with Crippen LogP contribution in [0.2, 0.25) is 5.02 Å². The van der Waals surface area contributed by atoms with Gasteiger partial charge in [-0.15, -0.1) is 0 Å². The minimum atomic E-state index is 0.0227. The largest absolute Gasteiger partial charge is 0.372 e. The average Bonchev–Trinajstić information content (AvgIpc) is 2.88. The fraction of sp³-hybridized carbons (Fsp3) is 0.188. The topological polar surface area (TPSA) is 26.3 Å². The third kappa shape index (κ3) is 2.29. The maximum atomic E-state index is 12.4. The first-order valence-electron chi connectivity index (χ1n) is 6.15. The Hall–Kier alpha value is -1.64. The molecular weight excluding hydrogens is 260 g/mol. The highest BCUT2D eigenvalue weighted by atomic mass is 35.5. The zero-order valence-electron chi connectivity index (χ0n) is 10.6. The number of fused-ring (bicyclic) bond motifs is 1. The minimum Gasteiger partial charge on any atom is -0.372 e. The van der Waals surface area contributed by atoms with Crippen LogP contribution in [0.25, 0.3) is 0 Å². The van der Waals surface area contributed by atoms with E-state index in [9.17, 15) is 4.79 Å². The van der Waals surface area contributed by atoms with E-state index >= 15 is 0 Å². The van der Waals surface area contributed by atoms with Gasteiger partial charge in [0.05, 0.1) is 13.2 Å². The number of ether oxygens (including phenoxy) is 1. The molecule has 2 aromatic carbocycles. The molecule has 1 aliphatic rings. The number of carbonyl (C=O) groups excluding carboxylic acids is 1. The van der Waals surface area contributed by atoms with Gasteiger partial charge >= 0.3 is 0 Å². The number of hydrogen-bond donors (Lipinski definition) is 0. The molecule has 1 heterocycles. The van der Waals surface area contributed by atoms with Crippen LogP contribution in [-0.2, 0) is 18.0 Å². The van der Waals surface area contributed by atoms with Crippen LogP contribution in [0.5, 0.6) is 0 Å². The van der Waals surface area contributed by atoms with Crippen molar-refractivity contribution in [3.63, 3.8) is 0 Å². The van der Waals surface area contributed by atoms with E-state index in [0.717, 1.165) is 11.1 Å². The Kier molecular flexibility index (Phi) is 3.13. The van der Waals surface area contributed by atoms with Crippen molar-refractivity contribution in [1.29, 1.82) is 0 Å². The van der Waals surface area contributed by atoms with Crippen molar-refractivity contribution in [2.45, 2.75) is 20.1 Å². The first-order valence-corrected chi connectivity index (χ1v) is 6.53. The van der Waals surface area contributed by atoms with Crippen LogP contribution in [0, 0.1) is 6.92 Å².